The predicted molar refractivity (Wildman–Crippen MR) is 121 cm³/mol. The third-order valence-electron chi connectivity index (χ3n) is 5.27. The number of aryl methyl sites for hydroxylation is 1. The number of nitrogens with one attached hydrogen (secondary N) is 1. The maximum absolute atomic E-state index is 12.7. The van der Waals surface area contributed by atoms with Crippen LogP contribution in [-0.2, 0) is 17.8 Å². The molecule has 3 aromatic carbocycles. The smallest absolute Gasteiger partial charge is 0.262 e. The van der Waals surface area contributed by atoms with E-state index in [-0.39, 0.29) is 18.1 Å². The van der Waals surface area contributed by atoms with Crippen LogP contribution in [0.5, 0.6) is 17.2 Å². The molecule has 0 unspecified atom stereocenters. The molecule has 1 amide bonds. The first-order chi connectivity index (χ1) is 15.7. The van der Waals surface area contributed by atoms with Gasteiger partial charge in [-0.15, -0.1) is 0 Å². The monoisotopic (exact) mass is 427 g/mol. The summed E-state index contributed by atoms with van der Waals surface area (Å²) in [6.45, 7) is 0.521. The van der Waals surface area contributed by atoms with Gasteiger partial charge in [0.15, 0.2) is 6.61 Å². The Labute approximate surface area is 184 Å². The lowest BCUT2D eigenvalue weighted by molar-refractivity contribution is -0.118. The Kier molecular flexibility index (Phi) is 5.29. The van der Waals surface area contributed by atoms with Crippen LogP contribution in [-0.4, -0.2) is 22.1 Å². The van der Waals surface area contributed by atoms with Gasteiger partial charge in [-0.2, -0.15) is 0 Å². The van der Waals surface area contributed by atoms with Gasteiger partial charge in [0.05, 0.1) is 10.9 Å². The molecule has 1 aliphatic heterocycles. The minimum absolute atomic E-state index is 0.0600. The highest BCUT2D eigenvalue weighted by atomic mass is 16.5. The molecule has 32 heavy (non-hydrogen) atoms. The Morgan fingerprint density at radius 3 is 2.53 bits per heavy atom. The molecular weight excluding hydrogens is 406 g/mol. The fraction of sp³-hybridized carbons (Fsp3) is 0.160. The Morgan fingerprint density at radius 1 is 0.969 bits per heavy atom. The first-order valence-electron chi connectivity index (χ1n) is 10.4. The molecule has 0 saturated heterocycles. The molecule has 0 saturated carbocycles. The number of fused-ring (bicyclic) bond motifs is 2. The lowest BCUT2D eigenvalue weighted by Crippen LogP contribution is -2.22. The van der Waals surface area contributed by atoms with Crippen molar-refractivity contribution < 1.29 is 14.3 Å². The first-order valence-corrected chi connectivity index (χ1v) is 10.4. The molecule has 7 nitrogen and oxygen atoms in total. The lowest BCUT2D eigenvalue weighted by atomic mass is 10.2. The first kappa shape index (κ1) is 19.8. The minimum atomic E-state index is -0.300. The van der Waals surface area contributed by atoms with Crippen molar-refractivity contribution in [1.82, 2.24) is 9.55 Å². The van der Waals surface area contributed by atoms with Gasteiger partial charge >= 0.3 is 0 Å². The maximum Gasteiger partial charge on any atom is 0.262 e. The third-order valence-corrected chi connectivity index (χ3v) is 5.27. The number of benzene rings is 3. The van der Waals surface area contributed by atoms with Gasteiger partial charge in [0.1, 0.15) is 23.1 Å². The number of rotatable bonds is 6. The Balaban J connectivity index is 1.20. The molecule has 7 heteroatoms. The summed E-state index contributed by atoms with van der Waals surface area (Å²) in [5.74, 6) is 2.40. The standard InChI is InChI=1S/C25H21N3O4/c29-24(26-17-8-10-19(11-9-17)32-18-5-2-1-3-6-18)16-31-20-12-13-22-21(15-20)25(30)28-14-4-7-23(28)27-22/h1-3,5-6,8-13,15H,4,7,14,16H2,(H,26,29). The quantitative estimate of drug-likeness (QED) is 0.500. The van der Waals surface area contributed by atoms with Gasteiger partial charge in [0.2, 0.25) is 0 Å². The molecule has 1 N–H and O–H groups in total. The Hall–Kier alpha value is -4.13. The highest BCUT2D eigenvalue weighted by molar-refractivity contribution is 5.92. The van der Waals surface area contributed by atoms with Crippen LogP contribution >= 0.6 is 0 Å². The third kappa shape index (κ3) is 4.18. The highest BCUT2D eigenvalue weighted by Gasteiger charge is 2.16. The summed E-state index contributed by atoms with van der Waals surface area (Å²) in [6.07, 6.45) is 1.75. The SMILES string of the molecule is O=C(COc1ccc2nc3n(c(=O)c2c1)CCC3)Nc1ccc(Oc2ccccc2)cc1. The van der Waals surface area contributed by atoms with Gasteiger partial charge in [-0.25, -0.2) is 4.98 Å². The topological polar surface area (TPSA) is 82.5 Å². The van der Waals surface area contributed by atoms with E-state index in [1.165, 1.54) is 0 Å². The average Bonchev–Trinajstić information content (AvgIpc) is 3.29. The summed E-state index contributed by atoms with van der Waals surface area (Å²) in [7, 11) is 0. The van der Waals surface area contributed by atoms with E-state index < -0.39 is 0 Å². The molecular formula is C25H21N3O4. The number of carbonyl (C=O) groups excluding carboxylic acids is 1. The maximum atomic E-state index is 12.7. The van der Waals surface area contributed by atoms with Crippen molar-refractivity contribution >= 4 is 22.5 Å². The summed E-state index contributed by atoms with van der Waals surface area (Å²) >= 11 is 0. The normalized spacial score (nSPS) is 12.4. The average molecular weight is 427 g/mol. The van der Waals surface area contributed by atoms with E-state index in [1.807, 2.05) is 30.3 Å². The Morgan fingerprint density at radius 2 is 1.72 bits per heavy atom. The van der Waals surface area contributed by atoms with Crippen molar-refractivity contribution in [3.8, 4) is 17.2 Å². The van der Waals surface area contributed by atoms with Gasteiger partial charge in [-0.3, -0.25) is 14.2 Å². The molecule has 0 aliphatic carbocycles. The number of amides is 1. The van der Waals surface area contributed by atoms with Crippen molar-refractivity contribution in [2.45, 2.75) is 19.4 Å². The van der Waals surface area contributed by atoms with Crippen molar-refractivity contribution in [2.24, 2.45) is 0 Å². The van der Waals surface area contributed by atoms with E-state index in [0.717, 1.165) is 24.4 Å². The second-order valence-corrected chi connectivity index (χ2v) is 7.54. The van der Waals surface area contributed by atoms with Crippen molar-refractivity contribution in [3.63, 3.8) is 0 Å². The zero-order valence-corrected chi connectivity index (χ0v) is 17.3. The van der Waals surface area contributed by atoms with E-state index in [4.69, 9.17) is 9.47 Å². The van der Waals surface area contributed by atoms with Gasteiger partial charge in [0.25, 0.3) is 11.5 Å². The van der Waals surface area contributed by atoms with Gasteiger partial charge in [-0.1, -0.05) is 18.2 Å². The Bertz CT molecular complexity index is 1330. The number of hydrogen-bond acceptors (Lipinski definition) is 5. The fourth-order valence-electron chi connectivity index (χ4n) is 3.73. The number of ether oxygens (including phenoxy) is 2. The van der Waals surface area contributed by atoms with Crippen LogP contribution in [0.4, 0.5) is 5.69 Å². The number of hydrogen-bond donors (Lipinski definition) is 1. The molecule has 2 heterocycles. The van der Waals surface area contributed by atoms with E-state index in [1.54, 1.807) is 47.0 Å². The number of para-hydroxylation sites is 1. The molecule has 5 rings (SSSR count). The number of carbonyl (C=O) groups is 1. The second kappa shape index (κ2) is 8.55. The van der Waals surface area contributed by atoms with Gasteiger partial charge < -0.3 is 14.8 Å². The van der Waals surface area contributed by atoms with E-state index in [0.29, 0.717) is 34.6 Å². The lowest BCUT2D eigenvalue weighted by Gasteiger charge is -2.10. The molecule has 0 atom stereocenters. The number of anilines is 1. The summed E-state index contributed by atoms with van der Waals surface area (Å²) in [5, 5.41) is 3.29. The predicted octanol–water partition coefficient (Wildman–Crippen LogP) is 4.15. The largest absolute Gasteiger partial charge is 0.484 e. The molecule has 0 bridgehead atoms. The minimum Gasteiger partial charge on any atom is -0.484 e. The summed E-state index contributed by atoms with van der Waals surface area (Å²) in [4.78, 5) is 29.5. The summed E-state index contributed by atoms with van der Waals surface area (Å²) in [5.41, 5.74) is 1.23. The fourth-order valence-corrected chi connectivity index (χ4v) is 3.73. The summed E-state index contributed by atoms with van der Waals surface area (Å²) < 4.78 is 13.1. The molecule has 0 fully saturated rings. The molecule has 1 aliphatic rings. The number of nitrogens with zero attached hydrogens (tertiary/aromatic N) is 2. The highest BCUT2D eigenvalue weighted by Crippen LogP contribution is 2.23. The van der Waals surface area contributed by atoms with E-state index in [9.17, 15) is 9.59 Å². The van der Waals surface area contributed by atoms with Gasteiger partial charge in [0, 0.05) is 18.7 Å². The van der Waals surface area contributed by atoms with Crippen molar-refractivity contribution in [3.05, 3.63) is 89.0 Å². The molecule has 160 valence electrons. The summed E-state index contributed by atoms with van der Waals surface area (Å²) in [6, 6.07) is 21.7. The van der Waals surface area contributed by atoms with Crippen LogP contribution < -0.4 is 20.3 Å². The van der Waals surface area contributed by atoms with Gasteiger partial charge in [-0.05, 0) is 61.0 Å². The molecule has 0 radical (unpaired) electrons. The van der Waals surface area contributed by atoms with Crippen LogP contribution in [0.3, 0.4) is 0 Å². The van der Waals surface area contributed by atoms with Crippen LogP contribution in [0.15, 0.2) is 77.6 Å². The van der Waals surface area contributed by atoms with Crippen LogP contribution in [0.2, 0.25) is 0 Å². The second-order valence-electron chi connectivity index (χ2n) is 7.54. The molecule has 0 spiro atoms. The molecule has 4 aromatic rings. The van der Waals surface area contributed by atoms with Crippen LogP contribution in [0, 0.1) is 0 Å². The van der Waals surface area contributed by atoms with Crippen LogP contribution in [0.1, 0.15) is 12.2 Å². The van der Waals surface area contributed by atoms with Crippen LogP contribution in [0.25, 0.3) is 10.9 Å². The van der Waals surface area contributed by atoms with Crippen molar-refractivity contribution in [2.75, 3.05) is 11.9 Å². The van der Waals surface area contributed by atoms with E-state index in [2.05, 4.69) is 10.3 Å². The zero-order chi connectivity index (χ0) is 21.9. The molecule has 1 aromatic heterocycles. The van der Waals surface area contributed by atoms with Crippen molar-refractivity contribution in [1.29, 1.82) is 0 Å². The number of aromatic nitrogens is 2. The van der Waals surface area contributed by atoms with E-state index >= 15 is 0 Å². The zero-order valence-electron chi connectivity index (χ0n) is 17.3.